The molecular formula is C21H25N7O3. The Balaban J connectivity index is 1.48. The van der Waals surface area contributed by atoms with E-state index in [2.05, 4.69) is 26.0 Å². The summed E-state index contributed by atoms with van der Waals surface area (Å²) < 4.78 is 8.70. The minimum absolute atomic E-state index is 0.0363. The van der Waals surface area contributed by atoms with Gasteiger partial charge in [-0.1, -0.05) is 0 Å². The molecule has 2 aliphatic rings. The second-order valence-electron chi connectivity index (χ2n) is 7.95. The summed E-state index contributed by atoms with van der Waals surface area (Å²) in [5, 5.41) is 13.5. The quantitative estimate of drug-likeness (QED) is 0.555. The van der Waals surface area contributed by atoms with Crippen LogP contribution in [0.4, 0.5) is 17.3 Å². The maximum atomic E-state index is 13.0. The number of aromatic nitrogens is 4. The third kappa shape index (κ3) is 3.63. The number of amides is 1. The molecule has 1 aliphatic carbocycles. The van der Waals surface area contributed by atoms with Crippen LogP contribution < -0.4 is 21.5 Å². The van der Waals surface area contributed by atoms with Crippen molar-refractivity contribution in [3.8, 4) is 0 Å². The van der Waals surface area contributed by atoms with Gasteiger partial charge in [-0.05, 0) is 37.8 Å². The molecule has 31 heavy (non-hydrogen) atoms. The second kappa shape index (κ2) is 8.03. The normalized spacial score (nSPS) is 18.7. The SMILES string of the molecule is CNc1cc(Nc2cccn(C3CCOC3)c2=O)nc2c(C(=O)NC3CCC3)cnn12. The Morgan fingerprint density at radius 3 is 2.87 bits per heavy atom. The number of fused-ring (bicyclic) bond motifs is 1. The van der Waals surface area contributed by atoms with Crippen molar-refractivity contribution in [2.24, 2.45) is 0 Å². The molecule has 10 nitrogen and oxygen atoms in total. The molecular weight excluding hydrogens is 398 g/mol. The van der Waals surface area contributed by atoms with Crippen LogP contribution in [0, 0.1) is 0 Å². The van der Waals surface area contributed by atoms with Crippen molar-refractivity contribution >= 4 is 28.9 Å². The topological polar surface area (TPSA) is 115 Å². The van der Waals surface area contributed by atoms with Gasteiger partial charge >= 0.3 is 0 Å². The van der Waals surface area contributed by atoms with Crippen LogP contribution >= 0.6 is 0 Å². The molecule has 3 aromatic heterocycles. The van der Waals surface area contributed by atoms with E-state index in [0.29, 0.717) is 41.7 Å². The third-order valence-corrected chi connectivity index (χ3v) is 5.95. The zero-order valence-electron chi connectivity index (χ0n) is 17.3. The van der Waals surface area contributed by atoms with Crippen LogP contribution in [0.1, 0.15) is 42.1 Å². The van der Waals surface area contributed by atoms with E-state index >= 15 is 0 Å². The summed E-state index contributed by atoms with van der Waals surface area (Å²) >= 11 is 0. The number of rotatable bonds is 6. The van der Waals surface area contributed by atoms with Gasteiger partial charge < -0.3 is 25.3 Å². The van der Waals surface area contributed by atoms with Crippen LogP contribution in [-0.2, 0) is 4.74 Å². The Hall–Kier alpha value is -3.40. The van der Waals surface area contributed by atoms with E-state index in [4.69, 9.17) is 4.74 Å². The molecule has 1 saturated carbocycles. The fourth-order valence-corrected chi connectivity index (χ4v) is 3.95. The first-order valence-corrected chi connectivity index (χ1v) is 10.6. The number of ether oxygens (including phenoxy) is 1. The number of anilines is 3. The molecule has 1 amide bonds. The molecule has 5 rings (SSSR count). The number of hydrogen-bond donors (Lipinski definition) is 3. The van der Waals surface area contributed by atoms with Gasteiger partial charge in [0.05, 0.1) is 18.8 Å². The van der Waals surface area contributed by atoms with Crippen molar-refractivity contribution < 1.29 is 9.53 Å². The van der Waals surface area contributed by atoms with Crippen LogP contribution in [0.5, 0.6) is 0 Å². The van der Waals surface area contributed by atoms with Gasteiger partial charge in [0, 0.05) is 32.0 Å². The highest BCUT2D eigenvalue weighted by molar-refractivity contribution is 6.00. The molecule has 4 heterocycles. The third-order valence-electron chi connectivity index (χ3n) is 5.95. The molecule has 0 radical (unpaired) electrons. The van der Waals surface area contributed by atoms with Gasteiger partial charge in [0.25, 0.3) is 11.5 Å². The van der Waals surface area contributed by atoms with Crippen molar-refractivity contribution in [1.29, 1.82) is 0 Å². The highest BCUT2D eigenvalue weighted by atomic mass is 16.5. The average Bonchev–Trinajstić information content (AvgIpc) is 3.41. The first-order chi connectivity index (χ1) is 15.1. The van der Waals surface area contributed by atoms with Crippen LogP contribution in [0.3, 0.4) is 0 Å². The largest absolute Gasteiger partial charge is 0.379 e. The molecule has 162 valence electrons. The maximum Gasteiger partial charge on any atom is 0.274 e. The van der Waals surface area contributed by atoms with Crippen LogP contribution in [0.2, 0.25) is 0 Å². The molecule has 1 saturated heterocycles. The molecule has 1 aliphatic heterocycles. The Bertz CT molecular complexity index is 1180. The highest BCUT2D eigenvalue weighted by Crippen LogP contribution is 2.23. The lowest BCUT2D eigenvalue weighted by Gasteiger charge is -2.26. The first-order valence-electron chi connectivity index (χ1n) is 10.6. The summed E-state index contributed by atoms with van der Waals surface area (Å²) in [5.41, 5.74) is 1.10. The highest BCUT2D eigenvalue weighted by Gasteiger charge is 2.24. The van der Waals surface area contributed by atoms with Gasteiger partial charge in [-0.25, -0.2) is 4.98 Å². The van der Waals surface area contributed by atoms with Crippen molar-refractivity contribution in [1.82, 2.24) is 24.5 Å². The molecule has 0 aromatic carbocycles. The Morgan fingerprint density at radius 1 is 1.29 bits per heavy atom. The number of nitrogens with one attached hydrogen (secondary N) is 3. The summed E-state index contributed by atoms with van der Waals surface area (Å²) in [5.74, 6) is 0.915. The standard InChI is InChI=1S/C21H25N7O3/c1-22-18-10-17(25-16-6-3-8-27(21(16)30)14-7-9-31-12-14)26-19-15(11-23-28(18)19)20(29)24-13-4-2-5-13/h3,6,8,10-11,13-14,22H,2,4-5,7,9,12H2,1H3,(H,24,29)(H,25,26). The molecule has 0 bridgehead atoms. The molecule has 2 fully saturated rings. The van der Waals surface area contributed by atoms with Crippen molar-refractivity contribution in [2.45, 2.75) is 37.8 Å². The van der Waals surface area contributed by atoms with Crippen LogP contribution in [0.15, 0.2) is 35.4 Å². The van der Waals surface area contributed by atoms with Crippen LogP contribution in [0.25, 0.3) is 5.65 Å². The van der Waals surface area contributed by atoms with Crippen molar-refractivity contribution in [2.75, 3.05) is 30.9 Å². The molecule has 3 aromatic rings. The number of hydrogen-bond acceptors (Lipinski definition) is 7. The Kier molecular flexibility index (Phi) is 5.06. The lowest BCUT2D eigenvalue weighted by molar-refractivity contribution is 0.0918. The van der Waals surface area contributed by atoms with Gasteiger partial charge in [0.1, 0.15) is 22.9 Å². The van der Waals surface area contributed by atoms with E-state index in [0.717, 1.165) is 25.7 Å². The monoisotopic (exact) mass is 423 g/mol. The maximum absolute atomic E-state index is 13.0. The second-order valence-corrected chi connectivity index (χ2v) is 7.95. The van der Waals surface area contributed by atoms with Crippen molar-refractivity contribution in [3.63, 3.8) is 0 Å². The van der Waals surface area contributed by atoms with E-state index in [1.165, 1.54) is 6.20 Å². The van der Waals surface area contributed by atoms with Gasteiger partial charge in [-0.15, -0.1) is 0 Å². The van der Waals surface area contributed by atoms with Crippen LogP contribution in [-0.4, -0.2) is 51.4 Å². The zero-order valence-corrected chi connectivity index (χ0v) is 17.3. The Labute approximate surface area is 178 Å². The van der Waals surface area contributed by atoms with Crippen molar-refractivity contribution in [3.05, 3.63) is 46.5 Å². The van der Waals surface area contributed by atoms with E-state index in [9.17, 15) is 9.59 Å². The lowest BCUT2D eigenvalue weighted by Crippen LogP contribution is -2.39. The van der Waals surface area contributed by atoms with Gasteiger partial charge in [0.2, 0.25) is 0 Å². The number of carbonyl (C=O) groups is 1. The minimum atomic E-state index is -0.185. The van der Waals surface area contributed by atoms with Gasteiger partial charge in [0.15, 0.2) is 5.65 Å². The fraction of sp³-hybridized carbons (Fsp3) is 0.429. The van der Waals surface area contributed by atoms with E-state index in [1.807, 2.05) is 6.07 Å². The van der Waals surface area contributed by atoms with Gasteiger partial charge in [-0.3, -0.25) is 9.59 Å². The molecule has 0 spiro atoms. The first kappa shape index (κ1) is 19.6. The fourth-order valence-electron chi connectivity index (χ4n) is 3.95. The van der Waals surface area contributed by atoms with E-state index in [-0.39, 0.29) is 23.6 Å². The predicted octanol–water partition coefficient (Wildman–Crippen LogP) is 1.92. The lowest BCUT2D eigenvalue weighted by atomic mass is 9.93. The molecule has 1 unspecified atom stereocenters. The Morgan fingerprint density at radius 2 is 2.16 bits per heavy atom. The number of carbonyl (C=O) groups excluding carboxylic acids is 1. The summed E-state index contributed by atoms with van der Waals surface area (Å²) in [4.78, 5) is 30.3. The summed E-state index contributed by atoms with van der Waals surface area (Å²) in [6, 6.07) is 5.56. The predicted molar refractivity (Wildman–Crippen MR) is 116 cm³/mol. The van der Waals surface area contributed by atoms with Gasteiger partial charge in [-0.2, -0.15) is 9.61 Å². The molecule has 1 atom stereocenters. The summed E-state index contributed by atoms with van der Waals surface area (Å²) in [6.07, 6.45) is 7.25. The number of nitrogens with zero attached hydrogens (tertiary/aromatic N) is 4. The summed E-state index contributed by atoms with van der Waals surface area (Å²) in [6.45, 7) is 1.19. The number of pyridine rings is 1. The summed E-state index contributed by atoms with van der Waals surface area (Å²) in [7, 11) is 1.77. The van der Waals surface area contributed by atoms with E-state index < -0.39 is 0 Å². The average molecular weight is 423 g/mol. The smallest absolute Gasteiger partial charge is 0.274 e. The van der Waals surface area contributed by atoms with E-state index in [1.54, 1.807) is 34.5 Å². The molecule has 3 N–H and O–H groups in total. The molecule has 10 heteroatoms. The minimum Gasteiger partial charge on any atom is -0.379 e. The zero-order chi connectivity index (χ0) is 21.4.